The van der Waals surface area contributed by atoms with Crippen LogP contribution in [0.4, 0.5) is 11.4 Å². The molecular weight excluding hydrogens is 276 g/mol. The summed E-state index contributed by atoms with van der Waals surface area (Å²) in [6.45, 7) is 0. The Morgan fingerprint density at radius 2 is 1.86 bits per heavy atom. The van der Waals surface area contributed by atoms with E-state index >= 15 is 0 Å². The number of nitrogens with zero attached hydrogens (tertiary/aromatic N) is 2. The lowest BCUT2D eigenvalue weighted by Gasteiger charge is -2.18. The monoisotopic (exact) mass is 288 g/mol. The second-order valence-corrected chi connectivity index (χ2v) is 4.31. The van der Waals surface area contributed by atoms with Crippen LogP contribution in [-0.4, -0.2) is 28.1 Å². The van der Waals surface area contributed by atoms with E-state index in [2.05, 4.69) is 0 Å². The number of nitro benzene ring substituents is 1. The Hall–Kier alpha value is -3.09. The summed E-state index contributed by atoms with van der Waals surface area (Å²) in [4.78, 5) is 23.5. The van der Waals surface area contributed by atoms with Crippen molar-refractivity contribution in [2.24, 2.45) is 0 Å². The van der Waals surface area contributed by atoms with Crippen LogP contribution in [0.15, 0.2) is 42.5 Å². The Balaban J connectivity index is 2.41. The first-order valence-corrected chi connectivity index (χ1v) is 5.95. The molecule has 0 aliphatic heterocycles. The summed E-state index contributed by atoms with van der Waals surface area (Å²) in [6, 6.07) is 9.69. The normalized spacial score (nSPS) is 10.1. The van der Waals surface area contributed by atoms with Gasteiger partial charge in [-0.2, -0.15) is 0 Å². The van der Waals surface area contributed by atoms with E-state index in [0.717, 1.165) is 6.07 Å². The molecule has 0 heterocycles. The molecule has 0 aliphatic carbocycles. The van der Waals surface area contributed by atoms with Crippen molar-refractivity contribution in [1.29, 1.82) is 0 Å². The number of para-hydroxylation sites is 1. The van der Waals surface area contributed by atoms with Crippen LogP contribution >= 0.6 is 0 Å². The van der Waals surface area contributed by atoms with Crippen molar-refractivity contribution in [1.82, 2.24) is 0 Å². The molecule has 2 aromatic rings. The second kappa shape index (κ2) is 5.49. The van der Waals surface area contributed by atoms with Crippen LogP contribution in [-0.2, 0) is 0 Å². The number of carbonyl (C=O) groups is 1. The Kier molecular flexibility index (Phi) is 3.75. The van der Waals surface area contributed by atoms with Gasteiger partial charge in [0, 0.05) is 24.9 Å². The van der Waals surface area contributed by atoms with Crippen molar-refractivity contribution < 1.29 is 19.9 Å². The zero-order valence-corrected chi connectivity index (χ0v) is 11.1. The largest absolute Gasteiger partial charge is 0.508 e. The first kappa shape index (κ1) is 14.3. The number of anilines is 1. The Morgan fingerprint density at radius 3 is 2.48 bits per heavy atom. The fraction of sp³-hybridized carbons (Fsp3) is 0.0714. The summed E-state index contributed by atoms with van der Waals surface area (Å²) in [5.74, 6) is -1.32. The molecule has 7 heteroatoms. The van der Waals surface area contributed by atoms with E-state index in [9.17, 15) is 25.1 Å². The molecule has 2 rings (SSSR count). The summed E-state index contributed by atoms with van der Waals surface area (Å²) in [5.41, 5.74) is -0.328. The van der Waals surface area contributed by atoms with Crippen molar-refractivity contribution in [3.8, 4) is 11.5 Å². The molecule has 0 spiro atoms. The number of hydrogen-bond acceptors (Lipinski definition) is 5. The molecule has 0 saturated heterocycles. The van der Waals surface area contributed by atoms with E-state index < -0.39 is 22.3 Å². The molecule has 2 aromatic carbocycles. The molecule has 1 amide bonds. The topological polar surface area (TPSA) is 104 Å². The van der Waals surface area contributed by atoms with Crippen LogP contribution in [0.3, 0.4) is 0 Å². The predicted octanol–water partition coefficient (Wildman–Crippen LogP) is 2.28. The standard InChI is InChI=1S/C14H12N2O5/c1-15(9-4-2-5-10(17)8-9)14(19)11-6-3-7-12(13(11)18)16(20)21/h2-8,17-18H,1H3. The van der Waals surface area contributed by atoms with Crippen LogP contribution in [0.25, 0.3) is 0 Å². The summed E-state index contributed by atoms with van der Waals surface area (Å²) in [6.07, 6.45) is 0. The van der Waals surface area contributed by atoms with Crippen LogP contribution in [0.2, 0.25) is 0 Å². The van der Waals surface area contributed by atoms with Crippen LogP contribution in [0.1, 0.15) is 10.4 Å². The third-order valence-electron chi connectivity index (χ3n) is 2.96. The number of phenols is 2. The smallest absolute Gasteiger partial charge is 0.311 e. The number of nitro groups is 1. The first-order valence-electron chi connectivity index (χ1n) is 5.95. The van der Waals surface area contributed by atoms with Gasteiger partial charge in [0.15, 0.2) is 0 Å². The van der Waals surface area contributed by atoms with Gasteiger partial charge >= 0.3 is 5.69 Å². The quantitative estimate of drug-likeness (QED) is 0.666. The number of aromatic hydroxyl groups is 2. The molecule has 2 N–H and O–H groups in total. The average molecular weight is 288 g/mol. The van der Waals surface area contributed by atoms with Crippen LogP contribution < -0.4 is 4.90 Å². The second-order valence-electron chi connectivity index (χ2n) is 4.31. The summed E-state index contributed by atoms with van der Waals surface area (Å²) < 4.78 is 0. The molecule has 0 fully saturated rings. The van der Waals surface area contributed by atoms with Gasteiger partial charge in [0.05, 0.1) is 10.5 Å². The third kappa shape index (κ3) is 2.76. The number of hydrogen-bond donors (Lipinski definition) is 2. The van der Waals surface area contributed by atoms with Crippen molar-refractivity contribution in [3.05, 3.63) is 58.1 Å². The number of rotatable bonds is 3. The predicted molar refractivity (Wildman–Crippen MR) is 75.6 cm³/mol. The van der Waals surface area contributed by atoms with Gasteiger partial charge in [0.2, 0.25) is 5.75 Å². The molecule has 0 atom stereocenters. The number of benzene rings is 2. The molecule has 0 bridgehead atoms. The molecule has 0 aliphatic rings. The van der Waals surface area contributed by atoms with Gasteiger partial charge in [-0.3, -0.25) is 14.9 Å². The van der Waals surface area contributed by atoms with Gasteiger partial charge in [-0.15, -0.1) is 0 Å². The molecule has 7 nitrogen and oxygen atoms in total. The van der Waals surface area contributed by atoms with Gasteiger partial charge in [-0.05, 0) is 18.2 Å². The van der Waals surface area contributed by atoms with E-state index in [1.165, 1.54) is 36.2 Å². The maximum absolute atomic E-state index is 12.3. The Labute approximate surface area is 119 Å². The average Bonchev–Trinajstić information content (AvgIpc) is 2.45. The van der Waals surface area contributed by atoms with E-state index in [-0.39, 0.29) is 11.3 Å². The lowest BCUT2D eigenvalue weighted by Crippen LogP contribution is -2.26. The van der Waals surface area contributed by atoms with Gasteiger partial charge in [-0.25, -0.2) is 0 Å². The lowest BCUT2D eigenvalue weighted by atomic mass is 10.1. The fourth-order valence-electron chi connectivity index (χ4n) is 1.85. The summed E-state index contributed by atoms with van der Waals surface area (Å²) in [7, 11) is 1.44. The highest BCUT2D eigenvalue weighted by atomic mass is 16.6. The minimum atomic E-state index is -0.763. The molecular formula is C14H12N2O5. The van der Waals surface area contributed by atoms with Crippen molar-refractivity contribution in [2.75, 3.05) is 11.9 Å². The van der Waals surface area contributed by atoms with Gasteiger partial charge in [-0.1, -0.05) is 12.1 Å². The highest BCUT2D eigenvalue weighted by Gasteiger charge is 2.23. The Morgan fingerprint density at radius 1 is 1.19 bits per heavy atom. The number of phenolic OH excluding ortho intramolecular Hbond substituents is 2. The van der Waals surface area contributed by atoms with Crippen LogP contribution in [0.5, 0.6) is 11.5 Å². The maximum atomic E-state index is 12.3. The SMILES string of the molecule is CN(C(=O)c1cccc([N+](=O)[O-])c1O)c1cccc(O)c1. The summed E-state index contributed by atoms with van der Waals surface area (Å²) in [5, 5.41) is 30.0. The third-order valence-corrected chi connectivity index (χ3v) is 2.96. The minimum absolute atomic E-state index is 0.0181. The van der Waals surface area contributed by atoms with Crippen molar-refractivity contribution >= 4 is 17.3 Å². The highest BCUT2D eigenvalue weighted by Crippen LogP contribution is 2.31. The fourth-order valence-corrected chi connectivity index (χ4v) is 1.85. The number of amides is 1. The first-order chi connectivity index (χ1) is 9.91. The minimum Gasteiger partial charge on any atom is -0.508 e. The highest BCUT2D eigenvalue weighted by molar-refractivity contribution is 6.08. The van der Waals surface area contributed by atoms with Gasteiger partial charge in [0.25, 0.3) is 5.91 Å². The molecule has 0 unspecified atom stereocenters. The molecule has 0 radical (unpaired) electrons. The van der Waals surface area contributed by atoms with Crippen molar-refractivity contribution in [3.63, 3.8) is 0 Å². The van der Waals surface area contributed by atoms with Crippen molar-refractivity contribution in [2.45, 2.75) is 0 Å². The lowest BCUT2D eigenvalue weighted by molar-refractivity contribution is -0.385. The zero-order chi connectivity index (χ0) is 15.6. The van der Waals surface area contributed by atoms with E-state index in [1.807, 2.05) is 0 Å². The van der Waals surface area contributed by atoms with E-state index in [0.29, 0.717) is 5.69 Å². The Bertz CT molecular complexity index is 714. The van der Waals surface area contributed by atoms with E-state index in [4.69, 9.17) is 0 Å². The maximum Gasteiger partial charge on any atom is 0.311 e. The summed E-state index contributed by atoms with van der Waals surface area (Å²) >= 11 is 0. The van der Waals surface area contributed by atoms with Gasteiger partial charge < -0.3 is 15.1 Å². The van der Waals surface area contributed by atoms with E-state index in [1.54, 1.807) is 12.1 Å². The molecule has 0 saturated carbocycles. The number of carbonyl (C=O) groups excluding carboxylic acids is 1. The van der Waals surface area contributed by atoms with Gasteiger partial charge in [0.1, 0.15) is 5.75 Å². The molecule has 108 valence electrons. The zero-order valence-electron chi connectivity index (χ0n) is 11.1. The molecule has 21 heavy (non-hydrogen) atoms. The molecule has 0 aromatic heterocycles. The van der Waals surface area contributed by atoms with Crippen LogP contribution in [0, 0.1) is 10.1 Å².